The van der Waals surface area contributed by atoms with E-state index in [1.54, 1.807) is 0 Å². The molecule has 1 unspecified atom stereocenters. The zero-order chi connectivity index (χ0) is 11.5. The Morgan fingerprint density at radius 2 is 2.38 bits per heavy atom. The lowest BCUT2D eigenvalue weighted by Gasteiger charge is -2.24. The van der Waals surface area contributed by atoms with E-state index in [1.807, 2.05) is 11.7 Å². The summed E-state index contributed by atoms with van der Waals surface area (Å²) in [6.07, 6.45) is 4.37. The summed E-state index contributed by atoms with van der Waals surface area (Å²) in [4.78, 5) is 2.47. The number of aromatic nitrogens is 2. The van der Waals surface area contributed by atoms with Gasteiger partial charge in [0, 0.05) is 32.4 Å². The molecule has 90 valence electrons. The Kier molecular flexibility index (Phi) is 3.49. The van der Waals surface area contributed by atoms with Crippen molar-refractivity contribution < 1.29 is 0 Å². The maximum atomic E-state index is 4.51. The molecule has 1 aliphatic heterocycles. The molecule has 1 aromatic heterocycles. The van der Waals surface area contributed by atoms with Crippen molar-refractivity contribution >= 4 is 5.69 Å². The van der Waals surface area contributed by atoms with Crippen LogP contribution in [0.3, 0.4) is 0 Å². The van der Waals surface area contributed by atoms with Crippen LogP contribution in [0.15, 0.2) is 6.20 Å². The summed E-state index contributed by atoms with van der Waals surface area (Å²) in [6.45, 7) is 7.76. The first-order valence-corrected chi connectivity index (χ1v) is 6.21. The van der Waals surface area contributed by atoms with E-state index in [-0.39, 0.29) is 0 Å². The van der Waals surface area contributed by atoms with Gasteiger partial charge in [-0.2, -0.15) is 5.10 Å². The van der Waals surface area contributed by atoms with Gasteiger partial charge in [0.25, 0.3) is 0 Å². The van der Waals surface area contributed by atoms with E-state index >= 15 is 0 Å². The van der Waals surface area contributed by atoms with Gasteiger partial charge < -0.3 is 10.2 Å². The van der Waals surface area contributed by atoms with E-state index < -0.39 is 0 Å². The molecule has 1 aromatic rings. The molecule has 0 radical (unpaired) electrons. The van der Waals surface area contributed by atoms with Crippen molar-refractivity contribution in [3.05, 3.63) is 11.9 Å². The highest BCUT2D eigenvalue weighted by Gasteiger charge is 2.18. The average Bonchev–Trinajstić information content (AvgIpc) is 2.50. The third-order valence-corrected chi connectivity index (χ3v) is 3.15. The number of rotatable bonds is 2. The fraction of sp³-hybridized carbons (Fsp3) is 0.750. The van der Waals surface area contributed by atoms with Crippen LogP contribution in [0.4, 0.5) is 5.69 Å². The fourth-order valence-corrected chi connectivity index (χ4v) is 2.36. The van der Waals surface area contributed by atoms with Crippen molar-refractivity contribution in [1.82, 2.24) is 15.1 Å². The zero-order valence-electron chi connectivity index (χ0n) is 10.5. The molecule has 0 bridgehead atoms. The molecule has 1 N–H and O–H groups in total. The molecule has 4 heteroatoms. The highest BCUT2D eigenvalue weighted by molar-refractivity contribution is 5.49. The molecule has 2 heterocycles. The van der Waals surface area contributed by atoms with Crippen molar-refractivity contribution in [1.29, 1.82) is 0 Å². The molecule has 1 fully saturated rings. The summed E-state index contributed by atoms with van der Waals surface area (Å²) in [7, 11) is 2.00. The van der Waals surface area contributed by atoms with Crippen LogP contribution in [0.5, 0.6) is 0 Å². The van der Waals surface area contributed by atoms with Crippen molar-refractivity contribution in [3.8, 4) is 0 Å². The number of nitrogens with one attached hydrogen (secondary N) is 1. The van der Waals surface area contributed by atoms with Crippen LogP contribution in [0, 0.1) is 0 Å². The molecular formula is C12H22N4. The minimum Gasteiger partial charge on any atom is -0.367 e. The fourth-order valence-electron chi connectivity index (χ4n) is 2.36. The summed E-state index contributed by atoms with van der Waals surface area (Å²) in [5.74, 6) is 0. The number of aryl methyl sites for hydroxylation is 2. The maximum Gasteiger partial charge on any atom is 0.0855 e. The lowest BCUT2D eigenvalue weighted by molar-refractivity contribution is 0.584. The molecule has 0 saturated carbocycles. The number of anilines is 1. The molecule has 0 aromatic carbocycles. The van der Waals surface area contributed by atoms with Crippen LogP contribution in [-0.2, 0) is 13.5 Å². The van der Waals surface area contributed by atoms with Gasteiger partial charge >= 0.3 is 0 Å². The Hall–Kier alpha value is -1.03. The Bertz CT molecular complexity index is 345. The Morgan fingerprint density at radius 1 is 1.56 bits per heavy atom. The quantitative estimate of drug-likeness (QED) is 0.815. The molecule has 1 atom stereocenters. The van der Waals surface area contributed by atoms with Gasteiger partial charge in [-0.15, -0.1) is 0 Å². The van der Waals surface area contributed by atoms with E-state index in [9.17, 15) is 0 Å². The number of nitrogens with zero attached hydrogens (tertiary/aromatic N) is 3. The largest absolute Gasteiger partial charge is 0.367 e. The van der Waals surface area contributed by atoms with Gasteiger partial charge in [-0.25, -0.2) is 0 Å². The van der Waals surface area contributed by atoms with Gasteiger partial charge in [-0.1, -0.05) is 6.92 Å². The predicted molar refractivity (Wildman–Crippen MR) is 66.9 cm³/mol. The molecule has 1 aliphatic rings. The minimum atomic E-state index is 0.562. The highest BCUT2D eigenvalue weighted by atomic mass is 15.3. The maximum absolute atomic E-state index is 4.51. The van der Waals surface area contributed by atoms with E-state index in [4.69, 9.17) is 0 Å². The summed E-state index contributed by atoms with van der Waals surface area (Å²) in [5.41, 5.74) is 2.54. The second-order valence-electron chi connectivity index (χ2n) is 4.64. The van der Waals surface area contributed by atoms with Crippen molar-refractivity contribution in [2.45, 2.75) is 32.7 Å². The van der Waals surface area contributed by atoms with Crippen molar-refractivity contribution in [2.24, 2.45) is 7.05 Å². The molecule has 0 spiro atoms. The van der Waals surface area contributed by atoms with Crippen LogP contribution in [-0.4, -0.2) is 35.5 Å². The lowest BCUT2D eigenvalue weighted by atomic mass is 10.2. The first-order chi connectivity index (χ1) is 7.70. The monoisotopic (exact) mass is 222 g/mol. The van der Waals surface area contributed by atoms with Crippen LogP contribution in [0.1, 0.15) is 26.0 Å². The topological polar surface area (TPSA) is 33.1 Å². The normalized spacial score (nSPS) is 22.2. The van der Waals surface area contributed by atoms with Crippen LogP contribution in [0.2, 0.25) is 0 Å². The average molecular weight is 222 g/mol. The SMILES string of the molecule is CCc1nn(C)cc1N1CCCNC(C)C1. The third kappa shape index (κ3) is 2.38. The Balaban J connectivity index is 2.20. The van der Waals surface area contributed by atoms with E-state index in [1.165, 1.54) is 17.8 Å². The minimum absolute atomic E-state index is 0.562. The smallest absolute Gasteiger partial charge is 0.0855 e. The number of hydrogen-bond donors (Lipinski definition) is 1. The van der Waals surface area contributed by atoms with Crippen LogP contribution < -0.4 is 10.2 Å². The van der Waals surface area contributed by atoms with Gasteiger partial charge in [-0.3, -0.25) is 4.68 Å². The first-order valence-electron chi connectivity index (χ1n) is 6.21. The number of hydrogen-bond acceptors (Lipinski definition) is 3. The molecule has 2 rings (SSSR count). The standard InChI is InChI=1S/C12H22N4/c1-4-11-12(9-15(3)14-11)16-7-5-6-13-10(2)8-16/h9-10,13H,4-8H2,1-3H3. The molecule has 16 heavy (non-hydrogen) atoms. The van der Waals surface area contributed by atoms with Crippen LogP contribution >= 0.6 is 0 Å². The Morgan fingerprint density at radius 3 is 3.12 bits per heavy atom. The lowest BCUT2D eigenvalue weighted by Crippen LogP contribution is -2.35. The Labute approximate surface area is 97.6 Å². The summed E-state index contributed by atoms with van der Waals surface area (Å²) < 4.78 is 1.93. The zero-order valence-corrected chi connectivity index (χ0v) is 10.5. The van der Waals surface area contributed by atoms with E-state index in [2.05, 4.69) is 35.4 Å². The molecule has 4 nitrogen and oxygen atoms in total. The van der Waals surface area contributed by atoms with Gasteiger partial charge in [-0.05, 0) is 26.3 Å². The summed E-state index contributed by atoms with van der Waals surface area (Å²) >= 11 is 0. The molecule has 0 amide bonds. The second-order valence-corrected chi connectivity index (χ2v) is 4.64. The molecule has 0 aliphatic carbocycles. The predicted octanol–water partition coefficient (Wildman–Crippen LogP) is 1.17. The van der Waals surface area contributed by atoms with E-state index in [0.717, 1.165) is 26.1 Å². The van der Waals surface area contributed by atoms with Gasteiger partial charge in [0.2, 0.25) is 0 Å². The molecular weight excluding hydrogens is 200 g/mol. The second kappa shape index (κ2) is 4.87. The molecule has 1 saturated heterocycles. The summed E-state index contributed by atoms with van der Waals surface area (Å²) in [5, 5.41) is 8.03. The van der Waals surface area contributed by atoms with Gasteiger partial charge in [0.05, 0.1) is 11.4 Å². The van der Waals surface area contributed by atoms with Gasteiger partial charge in [0.1, 0.15) is 0 Å². The van der Waals surface area contributed by atoms with Crippen molar-refractivity contribution in [3.63, 3.8) is 0 Å². The summed E-state index contributed by atoms with van der Waals surface area (Å²) in [6, 6.07) is 0.562. The van der Waals surface area contributed by atoms with Crippen molar-refractivity contribution in [2.75, 3.05) is 24.5 Å². The third-order valence-electron chi connectivity index (χ3n) is 3.15. The van der Waals surface area contributed by atoms with Crippen LogP contribution in [0.25, 0.3) is 0 Å². The van der Waals surface area contributed by atoms with Gasteiger partial charge in [0.15, 0.2) is 0 Å². The highest BCUT2D eigenvalue weighted by Crippen LogP contribution is 2.21. The first kappa shape index (κ1) is 11.5. The van der Waals surface area contributed by atoms with E-state index in [0.29, 0.717) is 6.04 Å².